The van der Waals surface area contributed by atoms with E-state index in [1.165, 1.54) is 18.2 Å². The van der Waals surface area contributed by atoms with Crippen LogP contribution in [0.1, 0.15) is 15.9 Å². The van der Waals surface area contributed by atoms with Gasteiger partial charge in [-0.2, -0.15) is 0 Å². The molecular formula is C15H13NO6S. The van der Waals surface area contributed by atoms with Gasteiger partial charge in [-0.15, -0.1) is 0 Å². The van der Waals surface area contributed by atoms with E-state index < -0.39 is 16.0 Å². The molecule has 0 aliphatic carbocycles. The first-order valence-corrected chi connectivity index (χ1v) is 8.15. The molecule has 2 N–H and O–H groups in total. The predicted octanol–water partition coefficient (Wildman–Crippen LogP) is 1.59. The number of carboxylic acids is 1. The molecule has 1 aliphatic rings. The fourth-order valence-electron chi connectivity index (χ4n) is 2.11. The van der Waals surface area contributed by atoms with Gasteiger partial charge in [-0.1, -0.05) is 12.1 Å². The van der Waals surface area contributed by atoms with Crippen LogP contribution in [0.2, 0.25) is 0 Å². The van der Waals surface area contributed by atoms with Gasteiger partial charge in [0.1, 0.15) is 0 Å². The molecule has 0 aromatic heterocycles. The Morgan fingerprint density at radius 3 is 2.70 bits per heavy atom. The Kier molecular flexibility index (Phi) is 3.93. The van der Waals surface area contributed by atoms with E-state index in [0.29, 0.717) is 17.1 Å². The quantitative estimate of drug-likeness (QED) is 0.860. The van der Waals surface area contributed by atoms with Gasteiger partial charge in [0, 0.05) is 6.54 Å². The van der Waals surface area contributed by atoms with Crippen LogP contribution in [0, 0.1) is 0 Å². The van der Waals surface area contributed by atoms with E-state index >= 15 is 0 Å². The third kappa shape index (κ3) is 3.27. The summed E-state index contributed by atoms with van der Waals surface area (Å²) >= 11 is 0. The van der Waals surface area contributed by atoms with Crippen molar-refractivity contribution in [2.75, 3.05) is 6.79 Å². The molecule has 7 nitrogen and oxygen atoms in total. The van der Waals surface area contributed by atoms with Gasteiger partial charge in [0.25, 0.3) is 0 Å². The monoisotopic (exact) mass is 335 g/mol. The van der Waals surface area contributed by atoms with E-state index in [1.807, 2.05) is 0 Å². The summed E-state index contributed by atoms with van der Waals surface area (Å²) in [6.45, 7) is 0.197. The van der Waals surface area contributed by atoms with Crippen molar-refractivity contribution >= 4 is 16.0 Å². The van der Waals surface area contributed by atoms with Crippen LogP contribution in [0.25, 0.3) is 0 Å². The van der Waals surface area contributed by atoms with Crippen LogP contribution in [0.3, 0.4) is 0 Å². The third-order valence-electron chi connectivity index (χ3n) is 3.29. The summed E-state index contributed by atoms with van der Waals surface area (Å²) in [5.74, 6) is -0.00170. The van der Waals surface area contributed by atoms with Crippen LogP contribution < -0.4 is 14.2 Å². The summed E-state index contributed by atoms with van der Waals surface area (Å²) < 4.78 is 37.4. The SMILES string of the molecule is O=C(O)c1cccc(S(=O)(=O)NCc2ccc3c(c2)OCO3)c1. The van der Waals surface area contributed by atoms with Gasteiger partial charge in [-0.25, -0.2) is 17.9 Å². The topological polar surface area (TPSA) is 102 Å². The zero-order valence-electron chi connectivity index (χ0n) is 11.9. The number of sulfonamides is 1. The largest absolute Gasteiger partial charge is 0.478 e. The van der Waals surface area contributed by atoms with E-state index in [2.05, 4.69) is 4.72 Å². The number of rotatable bonds is 5. The summed E-state index contributed by atoms with van der Waals surface area (Å²) in [5, 5.41) is 8.93. The Balaban J connectivity index is 1.76. The summed E-state index contributed by atoms with van der Waals surface area (Å²) in [7, 11) is -3.81. The Bertz CT molecular complexity index is 862. The lowest BCUT2D eigenvalue weighted by atomic mass is 10.2. The smallest absolute Gasteiger partial charge is 0.335 e. The molecule has 2 aromatic rings. The Morgan fingerprint density at radius 2 is 1.91 bits per heavy atom. The van der Waals surface area contributed by atoms with Gasteiger partial charge in [0.2, 0.25) is 16.8 Å². The number of nitrogens with one attached hydrogen (secondary N) is 1. The van der Waals surface area contributed by atoms with Gasteiger partial charge >= 0.3 is 5.97 Å². The normalized spacial score (nSPS) is 13.0. The fraction of sp³-hybridized carbons (Fsp3) is 0.133. The lowest BCUT2D eigenvalue weighted by Crippen LogP contribution is -2.23. The van der Waals surface area contributed by atoms with Crippen LogP contribution in [-0.4, -0.2) is 26.3 Å². The molecule has 3 rings (SSSR count). The highest BCUT2D eigenvalue weighted by atomic mass is 32.2. The van der Waals surface area contributed by atoms with Crippen LogP contribution in [0.15, 0.2) is 47.4 Å². The number of benzene rings is 2. The number of carboxylic acid groups (broad SMARTS) is 1. The maximum atomic E-state index is 12.3. The molecular weight excluding hydrogens is 322 g/mol. The molecule has 1 aliphatic heterocycles. The number of hydrogen-bond acceptors (Lipinski definition) is 5. The highest BCUT2D eigenvalue weighted by Crippen LogP contribution is 2.32. The van der Waals surface area contributed by atoms with Crippen molar-refractivity contribution in [3.63, 3.8) is 0 Å². The Labute approximate surface area is 132 Å². The first kappa shape index (κ1) is 15.3. The number of carbonyl (C=O) groups is 1. The van der Waals surface area contributed by atoms with Gasteiger partial charge < -0.3 is 14.6 Å². The Morgan fingerprint density at radius 1 is 1.13 bits per heavy atom. The van der Waals surface area contributed by atoms with Crippen LogP contribution in [0.5, 0.6) is 11.5 Å². The number of fused-ring (bicyclic) bond motifs is 1. The van der Waals surface area contributed by atoms with Crippen molar-refractivity contribution < 1.29 is 27.8 Å². The molecule has 0 amide bonds. The van der Waals surface area contributed by atoms with E-state index in [4.69, 9.17) is 14.6 Å². The lowest BCUT2D eigenvalue weighted by Gasteiger charge is -2.08. The van der Waals surface area contributed by atoms with E-state index in [0.717, 1.165) is 6.07 Å². The number of hydrogen-bond donors (Lipinski definition) is 2. The fourth-order valence-corrected chi connectivity index (χ4v) is 3.17. The Hall–Kier alpha value is -2.58. The molecule has 8 heteroatoms. The maximum absolute atomic E-state index is 12.3. The van der Waals surface area contributed by atoms with Crippen molar-refractivity contribution in [1.29, 1.82) is 0 Å². The second-order valence-electron chi connectivity index (χ2n) is 4.85. The molecule has 0 saturated carbocycles. The zero-order valence-corrected chi connectivity index (χ0v) is 12.7. The molecule has 0 radical (unpaired) electrons. The summed E-state index contributed by atoms with van der Waals surface area (Å²) in [6.07, 6.45) is 0. The number of aromatic carboxylic acids is 1. The second-order valence-corrected chi connectivity index (χ2v) is 6.61. The minimum atomic E-state index is -3.81. The molecule has 2 aromatic carbocycles. The molecule has 0 spiro atoms. The average molecular weight is 335 g/mol. The van der Waals surface area contributed by atoms with Crippen LogP contribution in [-0.2, 0) is 16.6 Å². The molecule has 0 fully saturated rings. The third-order valence-corrected chi connectivity index (χ3v) is 4.69. The highest BCUT2D eigenvalue weighted by Gasteiger charge is 2.17. The maximum Gasteiger partial charge on any atom is 0.335 e. The van der Waals surface area contributed by atoms with E-state index in [-0.39, 0.29) is 23.8 Å². The molecule has 0 unspecified atom stereocenters. The van der Waals surface area contributed by atoms with Crippen molar-refractivity contribution in [3.05, 3.63) is 53.6 Å². The molecule has 0 saturated heterocycles. The molecule has 120 valence electrons. The molecule has 23 heavy (non-hydrogen) atoms. The van der Waals surface area contributed by atoms with Gasteiger partial charge in [-0.05, 0) is 35.9 Å². The summed E-state index contributed by atoms with van der Waals surface area (Å²) in [6, 6.07) is 10.3. The van der Waals surface area contributed by atoms with Crippen LogP contribution >= 0.6 is 0 Å². The predicted molar refractivity (Wildman–Crippen MR) is 80.0 cm³/mol. The average Bonchev–Trinajstić information content (AvgIpc) is 3.01. The van der Waals surface area contributed by atoms with Crippen molar-refractivity contribution in [2.45, 2.75) is 11.4 Å². The van der Waals surface area contributed by atoms with Crippen molar-refractivity contribution in [2.24, 2.45) is 0 Å². The van der Waals surface area contributed by atoms with Gasteiger partial charge in [0.15, 0.2) is 11.5 Å². The number of ether oxygens (including phenoxy) is 2. The highest BCUT2D eigenvalue weighted by molar-refractivity contribution is 7.89. The van der Waals surface area contributed by atoms with Crippen molar-refractivity contribution in [3.8, 4) is 11.5 Å². The first-order valence-electron chi connectivity index (χ1n) is 6.67. The first-order chi connectivity index (χ1) is 11.0. The minimum absolute atomic E-state index is 0.0519. The lowest BCUT2D eigenvalue weighted by molar-refractivity contribution is 0.0696. The summed E-state index contributed by atoms with van der Waals surface area (Å²) in [5.41, 5.74) is 0.614. The van der Waals surface area contributed by atoms with Gasteiger partial charge in [-0.3, -0.25) is 0 Å². The van der Waals surface area contributed by atoms with Gasteiger partial charge in [0.05, 0.1) is 10.5 Å². The molecule has 0 bridgehead atoms. The summed E-state index contributed by atoms with van der Waals surface area (Å²) in [4.78, 5) is 10.8. The molecule has 0 atom stereocenters. The standard InChI is InChI=1S/C15H13NO6S/c17-15(18)11-2-1-3-12(7-11)23(19,20)16-8-10-4-5-13-14(6-10)22-9-21-13/h1-7,16H,8-9H2,(H,17,18). The molecule has 1 heterocycles. The van der Waals surface area contributed by atoms with E-state index in [9.17, 15) is 13.2 Å². The zero-order chi connectivity index (χ0) is 16.4. The minimum Gasteiger partial charge on any atom is -0.478 e. The second kappa shape index (κ2) is 5.90. The van der Waals surface area contributed by atoms with Crippen LogP contribution in [0.4, 0.5) is 0 Å². The van der Waals surface area contributed by atoms with E-state index in [1.54, 1.807) is 18.2 Å². The van der Waals surface area contributed by atoms with Crippen molar-refractivity contribution in [1.82, 2.24) is 4.72 Å².